The maximum absolute atomic E-state index is 13.2. The average molecular weight is 369 g/mol. The van der Waals surface area contributed by atoms with E-state index in [9.17, 15) is 9.90 Å². The Morgan fingerprint density at radius 2 is 1.48 bits per heavy atom. The molecule has 2 bridgehead atoms. The van der Waals surface area contributed by atoms with Crippen molar-refractivity contribution in [3.8, 4) is 0 Å². The number of carbonyl (C=O) groups excluding carboxylic acids is 1. The molecule has 0 aromatic heterocycles. The molecule has 3 atom stereocenters. The summed E-state index contributed by atoms with van der Waals surface area (Å²) in [7, 11) is 2.11. The van der Waals surface area contributed by atoms with Crippen LogP contribution in [-0.4, -0.2) is 46.7 Å². The Kier molecular flexibility index (Phi) is 5.65. The van der Waals surface area contributed by atoms with Gasteiger partial charge in [0.05, 0.1) is 0 Å². The molecule has 0 aliphatic carbocycles. The highest BCUT2D eigenvalue weighted by molar-refractivity contribution is 5.85. The molecular formula is C22H27NO4. The zero-order valence-corrected chi connectivity index (χ0v) is 15.5. The van der Waals surface area contributed by atoms with E-state index in [0.717, 1.165) is 25.7 Å². The van der Waals surface area contributed by atoms with Crippen LogP contribution in [0.15, 0.2) is 60.7 Å². The molecule has 2 aliphatic rings. The first-order valence-electron chi connectivity index (χ1n) is 9.37. The maximum Gasteiger partial charge on any atom is 0.348 e. The molecule has 2 heterocycles. The van der Waals surface area contributed by atoms with E-state index in [0.29, 0.717) is 17.2 Å². The molecule has 27 heavy (non-hydrogen) atoms. The second kappa shape index (κ2) is 7.80. The monoisotopic (exact) mass is 369 g/mol. The topological polar surface area (TPSA) is 81.3 Å². The fourth-order valence-electron chi connectivity index (χ4n) is 4.51. The fraction of sp³-hybridized carbons (Fsp3) is 0.409. The minimum absolute atomic E-state index is 0. The van der Waals surface area contributed by atoms with Gasteiger partial charge >= 0.3 is 5.97 Å². The van der Waals surface area contributed by atoms with Crippen LogP contribution >= 0.6 is 0 Å². The zero-order chi connectivity index (χ0) is 18.1. The average Bonchev–Trinajstić information content (AvgIpc) is 2.92. The van der Waals surface area contributed by atoms with Gasteiger partial charge in [0.2, 0.25) is 5.60 Å². The molecular weight excluding hydrogens is 342 g/mol. The lowest BCUT2D eigenvalue weighted by Gasteiger charge is -2.38. The van der Waals surface area contributed by atoms with Crippen molar-refractivity contribution in [1.82, 2.24) is 4.90 Å². The van der Waals surface area contributed by atoms with Crippen LogP contribution in [0.25, 0.3) is 0 Å². The number of likely N-dealkylation sites (N-methyl/N-ethyl adjacent to an activating group) is 1. The van der Waals surface area contributed by atoms with Gasteiger partial charge in [0.15, 0.2) is 0 Å². The van der Waals surface area contributed by atoms with E-state index in [2.05, 4.69) is 11.9 Å². The highest BCUT2D eigenvalue weighted by Gasteiger charge is 2.47. The molecule has 0 radical (unpaired) electrons. The maximum atomic E-state index is 13.2. The van der Waals surface area contributed by atoms with Gasteiger partial charge in [-0.1, -0.05) is 60.7 Å². The lowest BCUT2D eigenvalue weighted by Crippen LogP contribution is -2.49. The summed E-state index contributed by atoms with van der Waals surface area (Å²) >= 11 is 0. The predicted molar refractivity (Wildman–Crippen MR) is 103 cm³/mol. The summed E-state index contributed by atoms with van der Waals surface area (Å²) in [6.45, 7) is 0. The summed E-state index contributed by atoms with van der Waals surface area (Å²) in [5, 5.41) is 11.5. The van der Waals surface area contributed by atoms with Gasteiger partial charge in [-0.25, -0.2) is 4.79 Å². The molecule has 2 saturated heterocycles. The van der Waals surface area contributed by atoms with Gasteiger partial charge in [0, 0.05) is 12.1 Å². The molecule has 0 saturated carbocycles. The van der Waals surface area contributed by atoms with E-state index in [4.69, 9.17) is 4.74 Å². The fourth-order valence-corrected chi connectivity index (χ4v) is 4.51. The van der Waals surface area contributed by atoms with Crippen molar-refractivity contribution in [2.24, 2.45) is 0 Å². The summed E-state index contributed by atoms with van der Waals surface area (Å²) < 4.78 is 5.94. The molecule has 0 spiro atoms. The Balaban J connectivity index is 0.00000210. The van der Waals surface area contributed by atoms with Crippen molar-refractivity contribution in [3.63, 3.8) is 0 Å². The molecule has 4 rings (SSSR count). The third-order valence-electron chi connectivity index (χ3n) is 6.05. The van der Waals surface area contributed by atoms with E-state index >= 15 is 0 Å². The smallest absolute Gasteiger partial charge is 0.348 e. The Bertz CT molecular complexity index is 725. The Morgan fingerprint density at radius 3 is 2.04 bits per heavy atom. The van der Waals surface area contributed by atoms with Gasteiger partial charge in [0.25, 0.3) is 0 Å². The summed E-state index contributed by atoms with van der Waals surface area (Å²) in [5.41, 5.74) is -0.731. The Morgan fingerprint density at radius 1 is 0.963 bits per heavy atom. The minimum atomic E-state index is -1.80. The van der Waals surface area contributed by atoms with Crippen molar-refractivity contribution in [2.75, 3.05) is 7.05 Å². The summed E-state index contributed by atoms with van der Waals surface area (Å²) in [5.74, 6) is -0.585. The molecule has 2 fully saturated rings. The number of fused-ring (bicyclic) bond motifs is 2. The molecule has 2 aromatic carbocycles. The quantitative estimate of drug-likeness (QED) is 0.838. The molecule has 0 unspecified atom stereocenters. The predicted octanol–water partition coefficient (Wildman–Crippen LogP) is 2.27. The van der Waals surface area contributed by atoms with Crippen molar-refractivity contribution < 1.29 is 20.1 Å². The van der Waals surface area contributed by atoms with Crippen LogP contribution in [0.3, 0.4) is 0 Å². The zero-order valence-electron chi connectivity index (χ0n) is 15.5. The van der Waals surface area contributed by atoms with Crippen LogP contribution in [0.1, 0.15) is 36.8 Å². The van der Waals surface area contributed by atoms with Gasteiger partial charge in [-0.05, 0) is 43.9 Å². The normalized spacial score (nSPS) is 24.9. The first kappa shape index (κ1) is 19.5. The van der Waals surface area contributed by atoms with Crippen LogP contribution in [0.4, 0.5) is 0 Å². The Labute approximate surface area is 159 Å². The van der Waals surface area contributed by atoms with Crippen LogP contribution in [0.5, 0.6) is 0 Å². The number of hydrogen-bond acceptors (Lipinski definition) is 4. The van der Waals surface area contributed by atoms with Crippen LogP contribution in [0, 0.1) is 0 Å². The number of ether oxygens (including phenoxy) is 1. The molecule has 3 N–H and O–H groups in total. The number of esters is 1. The number of carbonyl (C=O) groups is 1. The number of nitrogens with zero attached hydrogens (tertiary/aromatic N) is 1. The molecule has 144 valence electrons. The van der Waals surface area contributed by atoms with E-state index in [1.54, 1.807) is 24.3 Å². The summed E-state index contributed by atoms with van der Waals surface area (Å²) in [6.07, 6.45) is 3.96. The number of rotatable bonds is 4. The molecule has 5 heteroatoms. The SMILES string of the molecule is CN1[C@H]2CC[C@H](OC(=O)C(O)(c3ccccc3)c3ccccc3)[C@@H]1CC2.O. The molecule has 5 nitrogen and oxygen atoms in total. The highest BCUT2D eigenvalue weighted by Crippen LogP contribution is 2.38. The number of piperidine rings is 1. The van der Waals surface area contributed by atoms with E-state index in [1.165, 1.54) is 0 Å². The van der Waals surface area contributed by atoms with E-state index < -0.39 is 11.6 Å². The molecule has 2 aromatic rings. The largest absolute Gasteiger partial charge is 0.458 e. The van der Waals surface area contributed by atoms with E-state index in [1.807, 2.05) is 36.4 Å². The lowest BCUT2D eigenvalue weighted by atomic mass is 9.86. The lowest BCUT2D eigenvalue weighted by molar-refractivity contribution is -0.173. The second-order valence-corrected chi connectivity index (χ2v) is 7.43. The Hall–Kier alpha value is -2.21. The van der Waals surface area contributed by atoms with Crippen LogP contribution < -0.4 is 0 Å². The third-order valence-corrected chi connectivity index (χ3v) is 6.05. The summed E-state index contributed by atoms with van der Waals surface area (Å²) in [4.78, 5) is 15.6. The highest BCUT2D eigenvalue weighted by atomic mass is 16.6. The number of hydrogen-bond donors (Lipinski definition) is 1. The number of aliphatic hydroxyl groups is 1. The second-order valence-electron chi connectivity index (χ2n) is 7.43. The van der Waals surface area contributed by atoms with E-state index in [-0.39, 0.29) is 17.6 Å². The van der Waals surface area contributed by atoms with Gasteiger partial charge < -0.3 is 15.3 Å². The third kappa shape index (κ3) is 3.38. The van der Waals surface area contributed by atoms with Crippen molar-refractivity contribution in [2.45, 2.75) is 49.5 Å². The van der Waals surface area contributed by atoms with Crippen LogP contribution in [-0.2, 0) is 15.1 Å². The first-order chi connectivity index (χ1) is 12.6. The molecule has 2 aliphatic heterocycles. The molecule has 0 amide bonds. The van der Waals surface area contributed by atoms with Crippen molar-refractivity contribution >= 4 is 5.97 Å². The van der Waals surface area contributed by atoms with Gasteiger partial charge in [-0.15, -0.1) is 0 Å². The van der Waals surface area contributed by atoms with Gasteiger partial charge in [-0.3, -0.25) is 4.90 Å². The summed E-state index contributed by atoms with van der Waals surface area (Å²) in [6, 6.07) is 19.0. The van der Waals surface area contributed by atoms with Crippen molar-refractivity contribution in [1.29, 1.82) is 0 Å². The number of benzene rings is 2. The van der Waals surface area contributed by atoms with Gasteiger partial charge in [0.1, 0.15) is 6.10 Å². The van der Waals surface area contributed by atoms with Gasteiger partial charge in [-0.2, -0.15) is 0 Å². The van der Waals surface area contributed by atoms with Crippen LogP contribution in [0.2, 0.25) is 0 Å². The first-order valence-corrected chi connectivity index (χ1v) is 9.37. The standard InChI is InChI=1S/C22H25NO3.H2O/c1-23-18-12-14-19(23)20(15-13-18)26-21(24)22(25,16-8-4-2-5-9-16)17-10-6-3-7-11-17;/h2-11,18-20,25H,12-15H2,1H3;1H2/t18-,19+,20+;/m1./s1. The minimum Gasteiger partial charge on any atom is -0.458 e. The van der Waals surface area contributed by atoms with Crippen molar-refractivity contribution in [3.05, 3.63) is 71.8 Å².